The van der Waals surface area contributed by atoms with Crippen LogP contribution in [0.4, 0.5) is 10.1 Å². The van der Waals surface area contributed by atoms with Gasteiger partial charge in [-0.3, -0.25) is 19.3 Å². The van der Waals surface area contributed by atoms with Gasteiger partial charge in [0.15, 0.2) is 5.43 Å². The number of carbonyl (C=O) groups excluding carboxylic acids is 2. The molecule has 2 amide bonds. The third-order valence-electron chi connectivity index (χ3n) is 6.37. The monoisotopic (exact) mass is 472 g/mol. The molecular formula is C27H25FN4O3. The minimum Gasteiger partial charge on any atom is -0.339 e. The van der Waals surface area contributed by atoms with Crippen LogP contribution < -0.4 is 10.7 Å². The van der Waals surface area contributed by atoms with Crippen LogP contribution in [0, 0.1) is 5.82 Å². The van der Waals surface area contributed by atoms with E-state index in [-0.39, 0.29) is 30.3 Å². The van der Waals surface area contributed by atoms with E-state index in [0.29, 0.717) is 42.6 Å². The van der Waals surface area contributed by atoms with Crippen LogP contribution in [-0.2, 0) is 16.1 Å². The number of aromatic nitrogens is 1. The molecule has 7 nitrogen and oxygen atoms in total. The van der Waals surface area contributed by atoms with Gasteiger partial charge in [0.05, 0.1) is 17.6 Å². The molecule has 0 aliphatic carbocycles. The third-order valence-corrected chi connectivity index (χ3v) is 6.37. The number of amides is 2. The number of para-hydroxylation sites is 2. The summed E-state index contributed by atoms with van der Waals surface area (Å²) in [6.45, 7) is 2.43. The first-order valence-electron chi connectivity index (χ1n) is 11.6. The summed E-state index contributed by atoms with van der Waals surface area (Å²) in [7, 11) is 0. The van der Waals surface area contributed by atoms with Crippen LogP contribution in [0.15, 0.2) is 77.6 Å². The second-order valence-corrected chi connectivity index (χ2v) is 8.67. The van der Waals surface area contributed by atoms with E-state index in [1.54, 1.807) is 29.2 Å². The quantitative estimate of drug-likeness (QED) is 0.453. The Hall–Kier alpha value is -4.04. The van der Waals surface area contributed by atoms with E-state index in [0.717, 1.165) is 11.0 Å². The Morgan fingerprint density at radius 3 is 2.06 bits per heavy atom. The van der Waals surface area contributed by atoms with E-state index in [4.69, 9.17) is 0 Å². The maximum Gasteiger partial charge on any atom is 0.242 e. The molecule has 1 aliphatic rings. The number of fused-ring (bicyclic) bond motifs is 2. The molecule has 0 bridgehead atoms. The van der Waals surface area contributed by atoms with Crippen molar-refractivity contribution >= 4 is 39.3 Å². The number of nitrogens with one attached hydrogen (secondary N) is 1. The summed E-state index contributed by atoms with van der Waals surface area (Å²) in [5, 5.41) is 3.89. The zero-order valence-corrected chi connectivity index (χ0v) is 19.1. The average molecular weight is 473 g/mol. The zero-order valence-electron chi connectivity index (χ0n) is 19.1. The van der Waals surface area contributed by atoms with Gasteiger partial charge in [0.2, 0.25) is 11.8 Å². The van der Waals surface area contributed by atoms with Crippen molar-refractivity contribution in [3.63, 3.8) is 0 Å². The molecule has 0 radical (unpaired) electrons. The van der Waals surface area contributed by atoms with Gasteiger partial charge in [-0.2, -0.15) is 0 Å². The summed E-state index contributed by atoms with van der Waals surface area (Å²) < 4.78 is 15.2. The van der Waals surface area contributed by atoms with Crippen LogP contribution in [0.5, 0.6) is 0 Å². The lowest BCUT2D eigenvalue weighted by molar-refractivity contribution is -0.133. The maximum absolute atomic E-state index is 13.3. The first-order valence-corrected chi connectivity index (χ1v) is 11.6. The summed E-state index contributed by atoms with van der Waals surface area (Å²) >= 11 is 0. The molecule has 3 aromatic carbocycles. The van der Waals surface area contributed by atoms with Gasteiger partial charge >= 0.3 is 0 Å². The smallest absolute Gasteiger partial charge is 0.242 e. The van der Waals surface area contributed by atoms with Crippen molar-refractivity contribution < 1.29 is 14.0 Å². The maximum atomic E-state index is 13.3. The van der Waals surface area contributed by atoms with E-state index in [2.05, 4.69) is 5.32 Å². The number of halogens is 1. The molecule has 1 saturated heterocycles. The van der Waals surface area contributed by atoms with Crippen LogP contribution >= 0.6 is 0 Å². The second kappa shape index (κ2) is 9.68. The fraction of sp³-hybridized carbons (Fsp3) is 0.222. The van der Waals surface area contributed by atoms with E-state index < -0.39 is 5.82 Å². The molecule has 1 fully saturated rings. The second-order valence-electron chi connectivity index (χ2n) is 8.67. The van der Waals surface area contributed by atoms with Crippen molar-refractivity contribution in [1.29, 1.82) is 0 Å². The van der Waals surface area contributed by atoms with Crippen molar-refractivity contribution in [3.8, 4) is 0 Å². The number of nitrogens with zero attached hydrogens (tertiary/aromatic N) is 3. The summed E-state index contributed by atoms with van der Waals surface area (Å²) in [6, 6.07) is 20.5. The average Bonchev–Trinajstić information content (AvgIpc) is 2.87. The first-order chi connectivity index (χ1) is 17.0. The number of rotatable bonds is 5. The molecular weight excluding hydrogens is 447 g/mol. The molecule has 4 aromatic rings. The Kier molecular flexibility index (Phi) is 6.29. The number of pyridine rings is 1. The molecule has 0 saturated carbocycles. The lowest BCUT2D eigenvalue weighted by atomic mass is 10.1. The topological polar surface area (TPSA) is 74.7 Å². The predicted octanol–water partition coefficient (Wildman–Crippen LogP) is 3.08. The largest absolute Gasteiger partial charge is 0.339 e. The SMILES string of the molecule is O=C(CN1CCN(C(=O)Cn2c3ccccc3c(=O)c3ccccc32)CC1)Nc1cccc(F)c1. The summed E-state index contributed by atoms with van der Waals surface area (Å²) in [5.74, 6) is -0.660. The predicted molar refractivity (Wildman–Crippen MR) is 134 cm³/mol. The Morgan fingerprint density at radius 1 is 0.800 bits per heavy atom. The van der Waals surface area contributed by atoms with Gasteiger partial charge in [-0.15, -0.1) is 0 Å². The minimum absolute atomic E-state index is 0.0344. The molecule has 35 heavy (non-hydrogen) atoms. The van der Waals surface area contributed by atoms with Gasteiger partial charge in [0.1, 0.15) is 12.4 Å². The normalized spacial score (nSPS) is 14.4. The number of benzene rings is 3. The van der Waals surface area contributed by atoms with Crippen molar-refractivity contribution in [2.75, 3.05) is 38.0 Å². The number of anilines is 1. The Bertz CT molecular complexity index is 1410. The van der Waals surface area contributed by atoms with Crippen LogP contribution in [0.25, 0.3) is 21.8 Å². The van der Waals surface area contributed by atoms with E-state index in [1.807, 2.05) is 45.9 Å². The lowest BCUT2D eigenvalue weighted by Crippen LogP contribution is -2.51. The highest BCUT2D eigenvalue weighted by atomic mass is 19.1. The van der Waals surface area contributed by atoms with Gasteiger partial charge in [0, 0.05) is 42.6 Å². The molecule has 1 aliphatic heterocycles. The molecule has 1 aromatic heterocycles. The van der Waals surface area contributed by atoms with Crippen LogP contribution in [0.1, 0.15) is 0 Å². The van der Waals surface area contributed by atoms with Crippen molar-refractivity contribution in [1.82, 2.24) is 14.4 Å². The molecule has 178 valence electrons. The van der Waals surface area contributed by atoms with Crippen LogP contribution in [-0.4, -0.2) is 58.9 Å². The fourth-order valence-electron chi connectivity index (χ4n) is 4.61. The summed E-state index contributed by atoms with van der Waals surface area (Å²) in [6.07, 6.45) is 0. The van der Waals surface area contributed by atoms with E-state index >= 15 is 0 Å². The van der Waals surface area contributed by atoms with Gasteiger partial charge in [-0.05, 0) is 42.5 Å². The molecule has 0 unspecified atom stereocenters. The summed E-state index contributed by atoms with van der Waals surface area (Å²) in [4.78, 5) is 42.3. The highest BCUT2D eigenvalue weighted by molar-refractivity contribution is 5.95. The van der Waals surface area contributed by atoms with Crippen LogP contribution in [0.2, 0.25) is 0 Å². The first kappa shape index (κ1) is 22.7. The number of piperazine rings is 1. The highest BCUT2D eigenvalue weighted by Gasteiger charge is 2.23. The zero-order chi connectivity index (χ0) is 24.4. The molecule has 2 heterocycles. The van der Waals surface area contributed by atoms with Crippen LogP contribution in [0.3, 0.4) is 0 Å². The van der Waals surface area contributed by atoms with Gasteiger partial charge < -0.3 is 14.8 Å². The Balaban J connectivity index is 1.25. The highest BCUT2D eigenvalue weighted by Crippen LogP contribution is 2.19. The molecule has 0 atom stereocenters. The number of hydrogen-bond donors (Lipinski definition) is 1. The van der Waals surface area contributed by atoms with Gasteiger partial charge in [-0.1, -0.05) is 30.3 Å². The molecule has 8 heteroatoms. The molecule has 5 rings (SSSR count). The van der Waals surface area contributed by atoms with Crippen molar-refractivity contribution in [3.05, 3.63) is 88.8 Å². The van der Waals surface area contributed by atoms with E-state index in [1.165, 1.54) is 12.1 Å². The third kappa shape index (κ3) is 4.79. The van der Waals surface area contributed by atoms with Gasteiger partial charge in [0.25, 0.3) is 0 Å². The minimum atomic E-state index is -0.404. The fourth-order valence-corrected chi connectivity index (χ4v) is 4.61. The molecule has 1 N–H and O–H groups in total. The number of hydrogen-bond acceptors (Lipinski definition) is 4. The Morgan fingerprint density at radius 2 is 1.43 bits per heavy atom. The van der Waals surface area contributed by atoms with E-state index in [9.17, 15) is 18.8 Å². The number of carbonyl (C=O) groups is 2. The van der Waals surface area contributed by atoms with Crippen molar-refractivity contribution in [2.24, 2.45) is 0 Å². The molecule has 0 spiro atoms. The van der Waals surface area contributed by atoms with Gasteiger partial charge in [-0.25, -0.2) is 4.39 Å². The lowest BCUT2D eigenvalue weighted by Gasteiger charge is -2.34. The Labute approximate surface area is 201 Å². The van der Waals surface area contributed by atoms with Crippen molar-refractivity contribution in [2.45, 2.75) is 6.54 Å². The summed E-state index contributed by atoms with van der Waals surface area (Å²) in [5.41, 5.74) is 1.85. The standard InChI is InChI=1S/C27H25FN4O3/c28-19-6-5-7-20(16-19)29-25(33)17-30-12-14-31(15-13-30)26(34)18-32-23-10-3-1-8-21(23)27(35)22-9-2-4-11-24(22)32/h1-11,16H,12-15,17-18H2,(H,29,33).